The number of H-pyrrole nitrogens is 1. The number of nitrogens with one attached hydrogen (secondary N) is 2. The fraction of sp³-hybridized carbons (Fsp3) is 0.304. The second kappa shape index (κ2) is 8.91. The van der Waals surface area contributed by atoms with Gasteiger partial charge in [0.15, 0.2) is 5.75 Å². The zero-order valence-electron chi connectivity index (χ0n) is 18.4. The Kier molecular flexibility index (Phi) is 5.66. The number of amides is 1. The number of nitrogens with two attached hydrogens (primary N) is 1. The van der Waals surface area contributed by atoms with E-state index in [0.29, 0.717) is 29.2 Å². The average Bonchev–Trinajstić information content (AvgIpc) is 3.46. The fourth-order valence-electron chi connectivity index (χ4n) is 4.27. The summed E-state index contributed by atoms with van der Waals surface area (Å²) in [7, 11) is 1.62. The molecule has 4 aromatic rings. The summed E-state index contributed by atoms with van der Waals surface area (Å²) in [5, 5.41) is 8.14. The van der Waals surface area contributed by atoms with Gasteiger partial charge in [0.2, 0.25) is 0 Å². The van der Waals surface area contributed by atoms with E-state index in [1.165, 1.54) is 0 Å². The second-order valence-electron chi connectivity index (χ2n) is 8.19. The van der Waals surface area contributed by atoms with Crippen molar-refractivity contribution in [1.29, 1.82) is 0 Å². The number of hydrogen-bond donors (Lipinski definition) is 3. The van der Waals surface area contributed by atoms with E-state index in [-0.39, 0.29) is 11.9 Å². The van der Waals surface area contributed by atoms with E-state index in [2.05, 4.69) is 30.3 Å². The third-order valence-electron chi connectivity index (χ3n) is 5.87. The van der Waals surface area contributed by atoms with Gasteiger partial charge in [-0.2, -0.15) is 5.10 Å². The fourth-order valence-corrected chi connectivity index (χ4v) is 4.27. The molecule has 0 spiro atoms. The zero-order valence-corrected chi connectivity index (χ0v) is 18.4. The number of nitrogens with zero attached hydrogens (tertiary/aromatic N) is 5. The lowest BCUT2D eigenvalue weighted by atomic mass is 10.0. The Bertz CT molecular complexity index is 1270. The Balaban J connectivity index is 1.43. The van der Waals surface area contributed by atoms with Crippen LogP contribution in [0.4, 0.5) is 11.4 Å². The molecule has 170 valence electrons. The van der Waals surface area contributed by atoms with Crippen LogP contribution in [0.15, 0.2) is 49.3 Å². The van der Waals surface area contributed by atoms with Crippen LogP contribution < -0.4 is 20.7 Å². The lowest BCUT2D eigenvalue weighted by molar-refractivity contribution is 0.102. The van der Waals surface area contributed by atoms with Crippen molar-refractivity contribution in [1.82, 2.24) is 24.7 Å². The Morgan fingerprint density at radius 2 is 2.18 bits per heavy atom. The number of hydrogen-bond acceptors (Lipinski definition) is 7. The summed E-state index contributed by atoms with van der Waals surface area (Å²) in [6.45, 7) is 2.14. The topological polar surface area (TPSA) is 127 Å². The van der Waals surface area contributed by atoms with Crippen LogP contribution in [0, 0.1) is 0 Å². The molecule has 0 aliphatic carbocycles. The number of piperidine rings is 1. The van der Waals surface area contributed by atoms with Gasteiger partial charge in [-0.15, -0.1) is 0 Å². The molecule has 1 atom stereocenters. The smallest absolute Gasteiger partial charge is 0.258 e. The first-order valence-corrected chi connectivity index (χ1v) is 10.9. The molecule has 10 heteroatoms. The largest absolute Gasteiger partial charge is 0.493 e. The monoisotopic (exact) mass is 446 g/mol. The van der Waals surface area contributed by atoms with Crippen molar-refractivity contribution in [2.45, 2.75) is 25.4 Å². The molecule has 1 amide bonds. The maximum absolute atomic E-state index is 13.0. The number of carbonyl (C=O) groups is 1. The van der Waals surface area contributed by atoms with Crippen molar-refractivity contribution in [3.8, 4) is 5.75 Å². The Morgan fingerprint density at radius 1 is 1.33 bits per heavy atom. The highest BCUT2D eigenvalue weighted by molar-refractivity contribution is 6.12. The van der Waals surface area contributed by atoms with Gasteiger partial charge in [0.05, 0.1) is 48.4 Å². The summed E-state index contributed by atoms with van der Waals surface area (Å²) in [5.41, 5.74) is 9.96. The van der Waals surface area contributed by atoms with Gasteiger partial charge in [-0.1, -0.05) is 0 Å². The highest BCUT2D eigenvalue weighted by atomic mass is 16.5. The summed E-state index contributed by atoms with van der Waals surface area (Å²) in [6, 6.07) is 3.93. The number of ether oxygens (including phenoxy) is 1. The summed E-state index contributed by atoms with van der Waals surface area (Å²) in [4.78, 5) is 26.9. The number of aromatic amines is 1. The van der Waals surface area contributed by atoms with Gasteiger partial charge in [0.25, 0.3) is 5.91 Å². The standard InChI is InChI=1S/C23H26N8O2/c1-33-19-11-27-22-20(21(19)30-8-2-3-17(24)14-30)18(10-26-22)29-23(32)16-9-28-31(13-16)12-15-4-6-25-7-5-15/h4-7,9-11,13,17H,2-3,8,12,14,24H2,1H3,(H,26,27)(H,29,32)/t17-/m1/s1. The van der Waals surface area contributed by atoms with E-state index in [0.717, 1.165) is 42.6 Å². The highest BCUT2D eigenvalue weighted by Crippen LogP contribution is 2.40. The highest BCUT2D eigenvalue weighted by Gasteiger charge is 2.25. The molecule has 4 aromatic heterocycles. The molecule has 0 saturated carbocycles. The lowest BCUT2D eigenvalue weighted by Crippen LogP contribution is -2.43. The minimum atomic E-state index is -0.249. The molecule has 1 saturated heterocycles. The minimum Gasteiger partial charge on any atom is -0.493 e. The molecule has 0 aromatic carbocycles. The van der Waals surface area contributed by atoms with E-state index >= 15 is 0 Å². The number of carbonyl (C=O) groups excluding carboxylic acids is 1. The molecule has 1 aliphatic rings. The van der Waals surface area contributed by atoms with Crippen LogP contribution in [0.25, 0.3) is 11.0 Å². The van der Waals surface area contributed by atoms with E-state index in [1.54, 1.807) is 49.0 Å². The van der Waals surface area contributed by atoms with E-state index in [4.69, 9.17) is 10.5 Å². The SMILES string of the molecule is COc1cnc2[nH]cc(NC(=O)c3cnn(Cc4ccncc4)c3)c2c1N1CCC[C@@H](N)C1. The van der Waals surface area contributed by atoms with Crippen LogP contribution >= 0.6 is 0 Å². The number of methoxy groups -OCH3 is 1. The predicted molar refractivity (Wildman–Crippen MR) is 126 cm³/mol. The maximum atomic E-state index is 13.0. The minimum absolute atomic E-state index is 0.0925. The van der Waals surface area contributed by atoms with Gasteiger partial charge in [-0.05, 0) is 30.5 Å². The summed E-state index contributed by atoms with van der Waals surface area (Å²) < 4.78 is 7.35. The van der Waals surface area contributed by atoms with Crippen molar-refractivity contribution in [3.63, 3.8) is 0 Å². The Morgan fingerprint density at radius 3 is 2.97 bits per heavy atom. The van der Waals surface area contributed by atoms with Gasteiger partial charge < -0.3 is 25.7 Å². The van der Waals surface area contributed by atoms with Crippen LogP contribution in [-0.4, -0.2) is 56.9 Å². The lowest BCUT2D eigenvalue weighted by Gasteiger charge is -2.34. The van der Waals surface area contributed by atoms with Crippen molar-refractivity contribution in [2.24, 2.45) is 5.73 Å². The van der Waals surface area contributed by atoms with Crippen LogP contribution in [0.1, 0.15) is 28.8 Å². The molecular formula is C23H26N8O2. The molecule has 0 bridgehead atoms. The number of rotatable bonds is 6. The van der Waals surface area contributed by atoms with Crippen LogP contribution in [0.3, 0.4) is 0 Å². The van der Waals surface area contributed by atoms with Gasteiger partial charge in [0.1, 0.15) is 5.65 Å². The van der Waals surface area contributed by atoms with Gasteiger partial charge >= 0.3 is 0 Å². The average molecular weight is 447 g/mol. The van der Waals surface area contributed by atoms with Crippen molar-refractivity contribution in [3.05, 3.63) is 60.4 Å². The van der Waals surface area contributed by atoms with Gasteiger partial charge in [-0.25, -0.2) is 4.98 Å². The number of anilines is 2. The third-order valence-corrected chi connectivity index (χ3v) is 5.87. The molecule has 5 rings (SSSR count). The van der Waals surface area contributed by atoms with Crippen molar-refractivity contribution in [2.75, 3.05) is 30.4 Å². The zero-order chi connectivity index (χ0) is 22.8. The summed E-state index contributed by atoms with van der Waals surface area (Å²) in [5.74, 6) is 0.401. The van der Waals surface area contributed by atoms with Crippen LogP contribution in [0.5, 0.6) is 5.75 Å². The molecule has 1 fully saturated rings. The van der Waals surface area contributed by atoms with E-state index in [1.807, 2.05) is 12.1 Å². The molecule has 1 aliphatic heterocycles. The third kappa shape index (κ3) is 4.24. The quantitative estimate of drug-likeness (QED) is 0.415. The predicted octanol–water partition coefficient (Wildman–Crippen LogP) is 2.39. The molecule has 4 N–H and O–H groups in total. The Hall–Kier alpha value is -3.92. The van der Waals surface area contributed by atoms with Crippen LogP contribution in [0.2, 0.25) is 0 Å². The normalized spacial score (nSPS) is 16.2. The van der Waals surface area contributed by atoms with E-state index in [9.17, 15) is 4.79 Å². The van der Waals surface area contributed by atoms with E-state index < -0.39 is 0 Å². The van der Waals surface area contributed by atoms with Crippen LogP contribution in [-0.2, 0) is 6.54 Å². The molecule has 0 unspecified atom stereocenters. The summed E-state index contributed by atoms with van der Waals surface area (Å²) in [6.07, 6.45) is 12.2. The number of fused-ring (bicyclic) bond motifs is 1. The number of aromatic nitrogens is 5. The first-order chi connectivity index (χ1) is 16.1. The molecule has 33 heavy (non-hydrogen) atoms. The maximum Gasteiger partial charge on any atom is 0.258 e. The van der Waals surface area contributed by atoms with Gasteiger partial charge in [-0.3, -0.25) is 14.5 Å². The first kappa shape index (κ1) is 21.0. The van der Waals surface area contributed by atoms with Gasteiger partial charge in [0, 0.05) is 43.9 Å². The van der Waals surface area contributed by atoms with Crippen molar-refractivity contribution < 1.29 is 9.53 Å². The molecule has 0 radical (unpaired) electrons. The van der Waals surface area contributed by atoms with Crippen molar-refractivity contribution >= 4 is 28.3 Å². The number of pyridine rings is 2. The Labute approximate surface area is 190 Å². The molecular weight excluding hydrogens is 420 g/mol. The second-order valence-corrected chi connectivity index (χ2v) is 8.19. The molecule has 5 heterocycles. The molecule has 10 nitrogen and oxygen atoms in total. The summed E-state index contributed by atoms with van der Waals surface area (Å²) >= 11 is 0. The first-order valence-electron chi connectivity index (χ1n) is 10.9.